The average Bonchev–Trinajstić information content (AvgIpc) is 2.86. The fourth-order valence-corrected chi connectivity index (χ4v) is 3.36. The lowest BCUT2D eigenvalue weighted by atomic mass is 10.4. The molecule has 0 unspecified atom stereocenters. The zero-order valence-electron chi connectivity index (χ0n) is 10.0. The van der Waals surface area contributed by atoms with Gasteiger partial charge in [0.05, 0.1) is 12.3 Å². The molecule has 2 aliphatic rings. The van der Waals surface area contributed by atoms with E-state index in [9.17, 15) is 0 Å². The van der Waals surface area contributed by atoms with Gasteiger partial charge in [0, 0.05) is 11.3 Å². The van der Waals surface area contributed by atoms with Crippen molar-refractivity contribution in [1.82, 2.24) is 15.5 Å². The van der Waals surface area contributed by atoms with Gasteiger partial charge in [-0.15, -0.1) is 0 Å². The third-order valence-corrected chi connectivity index (χ3v) is 4.75. The van der Waals surface area contributed by atoms with Crippen molar-refractivity contribution in [3.05, 3.63) is 11.7 Å². The number of thioether (sulfide) groups is 1. The molecule has 17 heavy (non-hydrogen) atoms. The lowest BCUT2D eigenvalue weighted by molar-refractivity contribution is 0.363. The summed E-state index contributed by atoms with van der Waals surface area (Å²) in [5, 5.41) is 8.23. The monoisotopic (exact) mass is 253 g/mol. The van der Waals surface area contributed by atoms with Gasteiger partial charge in [0.25, 0.3) is 0 Å². The summed E-state index contributed by atoms with van der Waals surface area (Å²) in [5.74, 6) is 2.49. The van der Waals surface area contributed by atoms with Gasteiger partial charge < -0.3 is 9.84 Å². The summed E-state index contributed by atoms with van der Waals surface area (Å²) in [6.45, 7) is 0.728. The van der Waals surface area contributed by atoms with Gasteiger partial charge in [0.15, 0.2) is 5.82 Å². The Bertz CT molecular complexity index is 358. The molecule has 1 aromatic rings. The third-order valence-electron chi connectivity index (χ3n) is 3.38. The Hall–Kier alpha value is -0.550. The predicted octanol–water partition coefficient (Wildman–Crippen LogP) is 2.50. The van der Waals surface area contributed by atoms with Crippen LogP contribution in [-0.4, -0.2) is 21.4 Å². The first-order valence-electron chi connectivity index (χ1n) is 6.56. The van der Waals surface area contributed by atoms with Crippen molar-refractivity contribution < 1.29 is 4.52 Å². The number of hydrogen-bond acceptors (Lipinski definition) is 5. The van der Waals surface area contributed by atoms with E-state index in [2.05, 4.69) is 15.5 Å². The molecule has 0 saturated heterocycles. The predicted molar refractivity (Wildman–Crippen MR) is 67.7 cm³/mol. The minimum Gasteiger partial charge on any atom is -0.338 e. The maximum absolute atomic E-state index is 5.22. The molecule has 4 nitrogen and oxygen atoms in total. The Labute approximate surface area is 106 Å². The van der Waals surface area contributed by atoms with Crippen LogP contribution >= 0.6 is 11.8 Å². The minimum atomic E-state index is 0.693. The van der Waals surface area contributed by atoms with E-state index in [1.807, 2.05) is 11.8 Å². The molecule has 3 rings (SSSR count). The van der Waals surface area contributed by atoms with E-state index in [1.54, 1.807) is 0 Å². The second-order valence-electron chi connectivity index (χ2n) is 4.98. The Kier molecular flexibility index (Phi) is 3.66. The van der Waals surface area contributed by atoms with Crippen LogP contribution in [0, 0.1) is 0 Å². The summed E-state index contributed by atoms with van der Waals surface area (Å²) in [4.78, 5) is 4.41. The van der Waals surface area contributed by atoms with Gasteiger partial charge in [-0.25, -0.2) is 0 Å². The summed E-state index contributed by atoms with van der Waals surface area (Å²) in [6, 6.07) is 0.693. The second kappa shape index (κ2) is 5.40. The zero-order valence-corrected chi connectivity index (χ0v) is 10.8. The molecule has 2 aliphatic carbocycles. The Balaban J connectivity index is 1.42. The SMILES string of the molecule is C1CCC(SCc2noc(CNC3CC3)n2)C1. The standard InChI is InChI=1S/C12H19N3OS/c1-2-4-10(3-1)17-8-11-14-12(16-15-11)7-13-9-5-6-9/h9-10,13H,1-8H2. The number of nitrogens with zero attached hydrogens (tertiary/aromatic N) is 2. The first-order valence-corrected chi connectivity index (χ1v) is 7.61. The highest BCUT2D eigenvalue weighted by Crippen LogP contribution is 2.30. The molecule has 1 aromatic heterocycles. The summed E-state index contributed by atoms with van der Waals surface area (Å²) in [7, 11) is 0. The summed E-state index contributed by atoms with van der Waals surface area (Å²) < 4.78 is 5.22. The Morgan fingerprint density at radius 1 is 1.24 bits per heavy atom. The smallest absolute Gasteiger partial charge is 0.240 e. The molecule has 0 spiro atoms. The van der Waals surface area contributed by atoms with Gasteiger partial charge in [-0.3, -0.25) is 0 Å². The normalized spacial score (nSPS) is 21.2. The van der Waals surface area contributed by atoms with E-state index in [4.69, 9.17) is 4.52 Å². The maximum Gasteiger partial charge on any atom is 0.240 e. The van der Waals surface area contributed by atoms with Crippen LogP contribution in [0.2, 0.25) is 0 Å². The fourth-order valence-electron chi connectivity index (χ4n) is 2.19. The molecule has 5 heteroatoms. The molecule has 1 heterocycles. The lowest BCUT2D eigenvalue weighted by Crippen LogP contribution is -2.15. The van der Waals surface area contributed by atoms with Crippen molar-refractivity contribution in [1.29, 1.82) is 0 Å². The van der Waals surface area contributed by atoms with Gasteiger partial charge in [0.1, 0.15) is 0 Å². The van der Waals surface area contributed by atoms with Gasteiger partial charge in [-0.05, 0) is 25.7 Å². The average molecular weight is 253 g/mol. The van der Waals surface area contributed by atoms with Gasteiger partial charge in [-0.2, -0.15) is 16.7 Å². The molecule has 0 radical (unpaired) electrons. The van der Waals surface area contributed by atoms with Crippen LogP contribution < -0.4 is 5.32 Å². The largest absolute Gasteiger partial charge is 0.338 e. The van der Waals surface area contributed by atoms with E-state index in [-0.39, 0.29) is 0 Å². The van der Waals surface area contributed by atoms with E-state index in [1.165, 1.54) is 38.5 Å². The number of rotatable bonds is 6. The van der Waals surface area contributed by atoms with Crippen molar-refractivity contribution in [3.63, 3.8) is 0 Å². The molecular weight excluding hydrogens is 234 g/mol. The van der Waals surface area contributed by atoms with Crippen molar-refractivity contribution in [2.75, 3.05) is 0 Å². The second-order valence-corrected chi connectivity index (χ2v) is 6.27. The van der Waals surface area contributed by atoms with E-state index in [0.29, 0.717) is 6.04 Å². The van der Waals surface area contributed by atoms with Crippen LogP contribution in [0.5, 0.6) is 0 Å². The van der Waals surface area contributed by atoms with Crippen LogP contribution in [0.25, 0.3) is 0 Å². The Morgan fingerprint density at radius 3 is 2.82 bits per heavy atom. The van der Waals surface area contributed by atoms with E-state index < -0.39 is 0 Å². The molecule has 0 atom stereocenters. The topological polar surface area (TPSA) is 51.0 Å². The Morgan fingerprint density at radius 2 is 2.06 bits per heavy atom. The first-order chi connectivity index (χ1) is 8.40. The van der Waals surface area contributed by atoms with Crippen LogP contribution in [0.1, 0.15) is 50.2 Å². The van der Waals surface area contributed by atoms with Crippen molar-refractivity contribution in [2.24, 2.45) is 0 Å². The lowest BCUT2D eigenvalue weighted by Gasteiger charge is -2.04. The van der Waals surface area contributed by atoms with Crippen LogP contribution in [-0.2, 0) is 12.3 Å². The van der Waals surface area contributed by atoms with Crippen molar-refractivity contribution >= 4 is 11.8 Å². The molecule has 0 aromatic carbocycles. The third kappa shape index (κ3) is 3.45. The molecule has 94 valence electrons. The molecule has 0 aliphatic heterocycles. The quantitative estimate of drug-likeness (QED) is 0.844. The van der Waals surface area contributed by atoms with Crippen LogP contribution in [0.4, 0.5) is 0 Å². The summed E-state index contributed by atoms with van der Waals surface area (Å²) >= 11 is 1.98. The highest BCUT2D eigenvalue weighted by molar-refractivity contribution is 7.99. The van der Waals surface area contributed by atoms with Crippen molar-refractivity contribution in [2.45, 2.75) is 62.1 Å². The first kappa shape index (κ1) is 11.5. The van der Waals surface area contributed by atoms with Crippen LogP contribution in [0.3, 0.4) is 0 Å². The van der Waals surface area contributed by atoms with Crippen LogP contribution in [0.15, 0.2) is 4.52 Å². The van der Waals surface area contributed by atoms with Gasteiger partial charge in [-0.1, -0.05) is 18.0 Å². The van der Waals surface area contributed by atoms with Gasteiger partial charge >= 0.3 is 0 Å². The number of nitrogens with one attached hydrogen (secondary N) is 1. The van der Waals surface area contributed by atoms with Gasteiger partial charge in [0.2, 0.25) is 5.89 Å². The molecule has 0 amide bonds. The number of aromatic nitrogens is 2. The summed E-state index contributed by atoms with van der Waals surface area (Å²) in [5.41, 5.74) is 0. The maximum atomic E-state index is 5.22. The summed E-state index contributed by atoms with van der Waals surface area (Å²) in [6.07, 6.45) is 8.08. The van der Waals surface area contributed by atoms with E-state index >= 15 is 0 Å². The highest BCUT2D eigenvalue weighted by atomic mass is 32.2. The van der Waals surface area contributed by atoms with E-state index in [0.717, 1.165) is 29.3 Å². The van der Waals surface area contributed by atoms with Crippen molar-refractivity contribution in [3.8, 4) is 0 Å². The highest BCUT2D eigenvalue weighted by Gasteiger charge is 2.21. The fraction of sp³-hybridized carbons (Fsp3) is 0.833. The molecular formula is C12H19N3OS. The zero-order chi connectivity index (χ0) is 11.5. The molecule has 2 fully saturated rings. The molecule has 1 N–H and O–H groups in total. The number of hydrogen-bond donors (Lipinski definition) is 1. The minimum absolute atomic E-state index is 0.693. The molecule has 2 saturated carbocycles. The molecule has 0 bridgehead atoms.